The van der Waals surface area contributed by atoms with Gasteiger partial charge in [-0.15, -0.1) is 21.5 Å². The van der Waals surface area contributed by atoms with E-state index in [9.17, 15) is 0 Å². The van der Waals surface area contributed by atoms with E-state index in [2.05, 4.69) is 10.2 Å². The van der Waals surface area contributed by atoms with Crippen LogP contribution >= 0.6 is 11.3 Å². The summed E-state index contributed by atoms with van der Waals surface area (Å²) in [6.45, 7) is 0.748. The molecule has 0 atom stereocenters. The lowest BCUT2D eigenvalue weighted by Crippen LogP contribution is -2.02. The standard InChI is InChI=1S/C13H23N3S/c14-9-5-8-12-15-16-13(17-12)10-11-6-3-1-2-4-7-11/h11H,1-10,14H2. The maximum Gasteiger partial charge on any atom is 0.117 e. The minimum Gasteiger partial charge on any atom is -0.330 e. The molecule has 2 N–H and O–H groups in total. The zero-order valence-electron chi connectivity index (χ0n) is 10.5. The summed E-state index contributed by atoms with van der Waals surface area (Å²) in [5, 5.41) is 11.0. The third-order valence-electron chi connectivity index (χ3n) is 3.54. The van der Waals surface area contributed by atoms with E-state index in [0.717, 1.165) is 31.7 Å². The van der Waals surface area contributed by atoms with Gasteiger partial charge in [0.25, 0.3) is 0 Å². The van der Waals surface area contributed by atoms with E-state index in [-0.39, 0.29) is 0 Å². The SMILES string of the molecule is NCCCc1nnc(CC2CCCCCC2)s1. The van der Waals surface area contributed by atoms with Crippen molar-refractivity contribution in [3.8, 4) is 0 Å². The maximum absolute atomic E-state index is 5.51. The molecule has 3 nitrogen and oxygen atoms in total. The molecule has 1 aliphatic rings. The molecule has 0 bridgehead atoms. The smallest absolute Gasteiger partial charge is 0.117 e. The van der Waals surface area contributed by atoms with Gasteiger partial charge in [-0.05, 0) is 18.9 Å². The Morgan fingerprint density at radius 2 is 1.76 bits per heavy atom. The van der Waals surface area contributed by atoms with Crippen molar-refractivity contribution in [3.63, 3.8) is 0 Å². The highest BCUT2D eigenvalue weighted by atomic mass is 32.1. The van der Waals surface area contributed by atoms with Crippen molar-refractivity contribution in [1.82, 2.24) is 10.2 Å². The molecule has 2 rings (SSSR count). The van der Waals surface area contributed by atoms with Gasteiger partial charge in [0.2, 0.25) is 0 Å². The number of hydrogen-bond donors (Lipinski definition) is 1. The quantitative estimate of drug-likeness (QED) is 0.821. The molecule has 4 heteroatoms. The van der Waals surface area contributed by atoms with Crippen molar-refractivity contribution < 1.29 is 0 Å². The topological polar surface area (TPSA) is 51.8 Å². The van der Waals surface area contributed by atoms with Gasteiger partial charge in [0, 0.05) is 12.8 Å². The number of aromatic nitrogens is 2. The van der Waals surface area contributed by atoms with E-state index in [1.807, 2.05) is 0 Å². The molecule has 1 fully saturated rings. The molecule has 1 heterocycles. The average molecular weight is 253 g/mol. The van der Waals surface area contributed by atoms with Gasteiger partial charge in [0.1, 0.15) is 10.0 Å². The van der Waals surface area contributed by atoms with Crippen LogP contribution in [0.15, 0.2) is 0 Å². The van der Waals surface area contributed by atoms with E-state index in [1.54, 1.807) is 11.3 Å². The first-order chi connectivity index (χ1) is 8.38. The van der Waals surface area contributed by atoms with E-state index in [1.165, 1.54) is 48.5 Å². The van der Waals surface area contributed by atoms with Gasteiger partial charge in [0.05, 0.1) is 0 Å². The molecular weight excluding hydrogens is 230 g/mol. The van der Waals surface area contributed by atoms with Gasteiger partial charge >= 0.3 is 0 Å². The third kappa shape index (κ3) is 4.36. The predicted octanol–water partition coefficient (Wildman–Crippen LogP) is 2.94. The minimum atomic E-state index is 0.748. The Morgan fingerprint density at radius 3 is 2.47 bits per heavy atom. The first-order valence-electron chi connectivity index (χ1n) is 6.90. The fraction of sp³-hybridized carbons (Fsp3) is 0.846. The van der Waals surface area contributed by atoms with Gasteiger partial charge in [-0.25, -0.2) is 0 Å². The molecule has 0 aromatic carbocycles. The second kappa shape index (κ2) is 7.07. The van der Waals surface area contributed by atoms with Crippen LogP contribution in [-0.2, 0) is 12.8 Å². The molecule has 0 aliphatic heterocycles. The number of hydrogen-bond acceptors (Lipinski definition) is 4. The Hall–Kier alpha value is -0.480. The van der Waals surface area contributed by atoms with Crippen LogP contribution in [0.5, 0.6) is 0 Å². The Balaban J connectivity index is 1.82. The molecule has 0 unspecified atom stereocenters. The van der Waals surface area contributed by atoms with Crippen LogP contribution in [-0.4, -0.2) is 16.7 Å². The van der Waals surface area contributed by atoms with E-state index < -0.39 is 0 Å². The predicted molar refractivity (Wildman–Crippen MR) is 72.2 cm³/mol. The summed E-state index contributed by atoms with van der Waals surface area (Å²) in [5.74, 6) is 0.854. The second-order valence-electron chi connectivity index (χ2n) is 5.04. The summed E-state index contributed by atoms with van der Waals surface area (Å²) in [5.41, 5.74) is 5.51. The third-order valence-corrected chi connectivity index (χ3v) is 4.55. The van der Waals surface area contributed by atoms with Crippen molar-refractivity contribution in [2.45, 2.75) is 57.8 Å². The van der Waals surface area contributed by atoms with E-state index in [0.29, 0.717) is 0 Å². The highest BCUT2D eigenvalue weighted by Crippen LogP contribution is 2.27. The van der Waals surface area contributed by atoms with Crippen LogP contribution < -0.4 is 5.73 Å². The fourth-order valence-corrected chi connectivity index (χ4v) is 3.54. The van der Waals surface area contributed by atoms with Crippen LogP contribution in [0, 0.1) is 5.92 Å². The lowest BCUT2D eigenvalue weighted by Gasteiger charge is -2.10. The Kier molecular flexibility index (Phi) is 5.39. The minimum absolute atomic E-state index is 0.748. The molecule has 1 aromatic rings. The van der Waals surface area contributed by atoms with Crippen molar-refractivity contribution in [2.24, 2.45) is 11.7 Å². The summed E-state index contributed by atoms with van der Waals surface area (Å²) in [6.07, 6.45) is 11.6. The number of nitrogens with two attached hydrogens (primary N) is 1. The highest BCUT2D eigenvalue weighted by molar-refractivity contribution is 7.11. The molecule has 0 amide bonds. The van der Waals surface area contributed by atoms with Crippen molar-refractivity contribution >= 4 is 11.3 Å². The highest BCUT2D eigenvalue weighted by Gasteiger charge is 2.15. The monoisotopic (exact) mass is 253 g/mol. The van der Waals surface area contributed by atoms with Crippen LogP contribution in [0.25, 0.3) is 0 Å². The number of nitrogens with zero attached hydrogens (tertiary/aromatic N) is 2. The molecule has 1 aliphatic carbocycles. The summed E-state index contributed by atoms with van der Waals surface area (Å²) < 4.78 is 0. The van der Waals surface area contributed by atoms with Crippen molar-refractivity contribution in [2.75, 3.05) is 6.54 Å². The van der Waals surface area contributed by atoms with Gasteiger partial charge in [0.15, 0.2) is 0 Å². The normalized spacial score (nSPS) is 18.2. The van der Waals surface area contributed by atoms with E-state index >= 15 is 0 Å². The summed E-state index contributed by atoms with van der Waals surface area (Å²) in [7, 11) is 0. The Bertz CT molecular complexity index is 316. The second-order valence-corrected chi connectivity index (χ2v) is 6.19. The molecule has 0 spiro atoms. The lowest BCUT2D eigenvalue weighted by molar-refractivity contribution is 0.456. The van der Waals surface area contributed by atoms with Crippen LogP contribution in [0.1, 0.15) is 55.0 Å². The Morgan fingerprint density at radius 1 is 1.06 bits per heavy atom. The maximum atomic E-state index is 5.51. The molecule has 1 aromatic heterocycles. The van der Waals surface area contributed by atoms with Crippen LogP contribution in [0.4, 0.5) is 0 Å². The lowest BCUT2D eigenvalue weighted by atomic mass is 9.97. The molecule has 0 radical (unpaired) electrons. The molecular formula is C13H23N3S. The average Bonchev–Trinajstić information content (AvgIpc) is 2.61. The summed E-state index contributed by atoms with van der Waals surface area (Å²) >= 11 is 1.80. The largest absolute Gasteiger partial charge is 0.330 e. The first kappa shape index (κ1) is 13.0. The van der Waals surface area contributed by atoms with E-state index in [4.69, 9.17) is 5.73 Å². The summed E-state index contributed by atoms with van der Waals surface area (Å²) in [4.78, 5) is 0. The van der Waals surface area contributed by atoms with Crippen LogP contribution in [0.2, 0.25) is 0 Å². The molecule has 0 saturated heterocycles. The van der Waals surface area contributed by atoms with Crippen molar-refractivity contribution in [3.05, 3.63) is 10.0 Å². The van der Waals surface area contributed by atoms with Crippen LogP contribution in [0.3, 0.4) is 0 Å². The van der Waals surface area contributed by atoms with Gasteiger partial charge in [-0.2, -0.15) is 0 Å². The first-order valence-corrected chi connectivity index (χ1v) is 7.71. The zero-order valence-corrected chi connectivity index (χ0v) is 11.3. The fourth-order valence-electron chi connectivity index (χ4n) is 2.54. The van der Waals surface area contributed by atoms with Gasteiger partial charge < -0.3 is 5.73 Å². The molecule has 17 heavy (non-hydrogen) atoms. The molecule has 1 saturated carbocycles. The number of rotatable bonds is 5. The van der Waals surface area contributed by atoms with Gasteiger partial charge in [-0.1, -0.05) is 38.5 Å². The van der Waals surface area contributed by atoms with Gasteiger partial charge in [-0.3, -0.25) is 0 Å². The molecule has 96 valence electrons. The summed E-state index contributed by atoms with van der Waals surface area (Å²) in [6, 6.07) is 0. The Labute approximate surface area is 108 Å². The van der Waals surface area contributed by atoms with Crippen molar-refractivity contribution in [1.29, 1.82) is 0 Å². The number of aryl methyl sites for hydroxylation is 1. The zero-order chi connectivity index (χ0) is 11.9.